The lowest BCUT2D eigenvalue weighted by atomic mass is 9.87. The lowest BCUT2D eigenvalue weighted by molar-refractivity contribution is -0.128. The van der Waals surface area contributed by atoms with Crippen molar-refractivity contribution in [2.45, 2.75) is 26.2 Å². The Morgan fingerprint density at radius 1 is 1.10 bits per heavy atom. The Bertz CT molecular complexity index is 456. The van der Waals surface area contributed by atoms with E-state index in [2.05, 4.69) is 49.9 Å². The van der Waals surface area contributed by atoms with Gasteiger partial charge >= 0.3 is 0 Å². The van der Waals surface area contributed by atoms with Crippen LogP contribution in [0.25, 0.3) is 0 Å². The van der Waals surface area contributed by atoms with Crippen molar-refractivity contribution >= 4 is 23.2 Å². The van der Waals surface area contributed by atoms with Crippen LogP contribution in [0.15, 0.2) is 24.3 Å². The van der Waals surface area contributed by atoms with Crippen LogP contribution < -0.4 is 4.90 Å². The molecule has 0 radical (unpaired) electrons. The summed E-state index contributed by atoms with van der Waals surface area (Å²) in [5.41, 5.74) is 2.76. The predicted molar refractivity (Wildman–Crippen MR) is 84.7 cm³/mol. The molecule has 0 saturated carbocycles. The maximum absolute atomic E-state index is 11.5. The minimum atomic E-state index is 0.0365. The Morgan fingerprint density at radius 2 is 1.65 bits per heavy atom. The molecule has 0 spiro atoms. The van der Waals surface area contributed by atoms with E-state index < -0.39 is 0 Å². The van der Waals surface area contributed by atoms with Crippen molar-refractivity contribution in [3.63, 3.8) is 0 Å². The third kappa shape index (κ3) is 3.45. The summed E-state index contributed by atoms with van der Waals surface area (Å²) in [5.74, 6) is 0.120. The average Bonchev–Trinajstić information content (AvgIpc) is 2.46. The molecule has 1 amide bonds. The maximum Gasteiger partial charge on any atom is 0.237 e. The molecule has 1 aliphatic rings. The molecule has 3 nitrogen and oxygen atoms in total. The molecule has 0 aliphatic carbocycles. The lowest BCUT2D eigenvalue weighted by Gasteiger charge is -2.36. The van der Waals surface area contributed by atoms with Gasteiger partial charge in [-0.1, -0.05) is 32.9 Å². The standard InChI is InChI=1S/C16H23ClN2O/c1-16(2,3)13-4-6-14(7-5-13)18-8-10-19(11-9-18)15(20)12-17/h4-7H,8-12H2,1-3H3. The van der Waals surface area contributed by atoms with Gasteiger partial charge in [0.1, 0.15) is 5.88 Å². The molecule has 0 unspecified atom stereocenters. The van der Waals surface area contributed by atoms with Gasteiger partial charge in [-0.2, -0.15) is 0 Å². The third-order valence-electron chi connectivity index (χ3n) is 3.85. The largest absolute Gasteiger partial charge is 0.368 e. The molecule has 1 heterocycles. The van der Waals surface area contributed by atoms with Gasteiger partial charge in [-0.3, -0.25) is 4.79 Å². The number of halogens is 1. The zero-order valence-electron chi connectivity index (χ0n) is 12.5. The summed E-state index contributed by atoms with van der Waals surface area (Å²) in [7, 11) is 0. The van der Waals surface area contributed by atoms with Crippen LogP contribution in [-0.4, -0.2) is 42.9 Å². The molecule has 4 heteroatoms. The minimum Gasteiger partial charge on any atom is -0.368 e. The molecule has 2 rings (SSSR count). The molecule has 1 saturated heterocycles. The molecule has 1 fully saturated rings. The fraction of sp³-hybridized carbons (Fsp3) is 0.562. The van der Waals surface area contributed by atoms with Crippen LogP contribution in [0.1, 0.15) is 26.3 Å². The highest BCUT2D eigenvalue weighted by Gasteiger charge is 2.21. The number of alkyl halides is 1. The normalized spacial score (nSPS) is 16.4. The second-order valence-electron chi connectivity index (χ2n) is 6.30. The molecule has 0 atom stereocenters. The zero-order valence-corrected chi connectivity index (χ0v) is 13.3. The van der Waals surface area contributed by atoms with E-state index in [9.17, 15) is 4.79 Å². The topological polar surface area (TPSA) is 23.6 Å². The van der Waals surface area contributed by atoms with Crippen LogP contribution in [0, 0.1) is 0 Å². The summed E-state index contributed by atoms with van der Waals surface area (Å²) >= 11 is 5.59. The summed E-state index contributed by atoms with van der Waals surface area (Å²) < 4.78 is 0. The molecule has 1 aliphatic heterocycles. The van der Waals surface area contributed by atoms with E-state index in [1.807, 2.05) is 4.90 Å². The number of nitrogens with zero attached hydrogens (tertiary/aromatic N) is 2. The van der Waals surface area contributed by atoms with Gasteiger partial charge in [-0.25, -0.2) is 0 Å². The van der Waals surface area contributed by atoms with Gasteiger partial charge in [0.2, 0.25) is 5.91 Å². The Balaban J connectivity index is 1.99. The van der Waals surface area contributed by atoms with Gasteiger partial charge in [-0.05, 0) is 23.1 Å². The first-order chi connectivity index (χ1) is 9.41. The number of benzene rings is 1. The molecule has 1 aromatic rings. The van der Waals surface area contributed by atoms with Crippen molar-refractivity contribution in [3.8, 4) is 0 Å². The molecule has 110 valence electrons. The average molecular weight is 295 g/mol. The summed E-state index contributed by atoms with van der Waals surface area (Å²) in [6.45, 7) is 9.92. The maximum atomic E-state index is 11.5. The fourth-order valence-corrected chi connectivity index (χ4v) is 2.64. The molecular weight excluding hydrogens is 272 g/mol. The van der Waals surface area contributed by atoms with Crippen molar-refractivity contribution < 1.29 is 4.79 Å². The number of hydrogen-bond acceptors (Lipinski definition) is 2. The van der Waals surface area contributed by atoms with Crippen molar-refractivity contribution in [2.24, 2.45) is 0 Å². The first kappa shape index (κ1) is 15.2. The van der Waals surface area contributed by atoms with E-state index in [1.165, 1.54) is 11.3 Å². The highest BCUT2D eigenvalue weighted by atomic mass is 35.5. The van der Waals surface area contributed by atoms with Gasteiger partial charge in [0.15, 0.2) is 0 Å². The summed E-state index contributed by atoms with van der Waals surface area (Å²) in [6, 6.07) is 8.76. The molecule has 0 N–H and O–H groups in total. The number of anilines is 1. The van der Waals surface area contributed by atoms with Gasteiger partial charge < -0.3 is 9.80 Å². The Hall–Kier alpha value is -1.22. The van der Waals surface area contributed by atoms with E-state index in [4.69, 9.17) is 11.6 Å². The first-order valence-electron chi connectivity index (χ1n) is 7.11. The SMILES string of the molecule is CC(C)(C)c1ccc(N2CCN(C(=O)CCl)CC2)cc1. The summed E-state index contributed by atoms with van der Waals surface area (Å²) in [6.07, 6.45) is 0. The summed E-state index contributed by atoms with van der Waals surface area (Å²) in [5, 5.41) is 0. The van der Waals surface area contributed by atoms with Crippen LogP contribution in [0.3, 0.4) is 0 Å². The van der Waals surface area contributed by atoms with E-state index in [0.29, 0.717) is 0 Å². The molecule has 20 heavy (non-hydrogen) atoms. The van der Waals surface area contributed by atoms with Crippen molar-refractivity contribution in [1.29, 1.82) is 0 Å². The van der Waals surface area contributed by atoms with E-state index in [0.717, 1.165) is 26.2 Å². The number of amides is 1. The second kappa shape index (κ2) is 6.04. The Kier molecular flexibility index (Phi) is 4.59. The minimum absolute atomic E-state index is 0.0365. The van der Waals surface area contributed by atoms with E-state index >= 15 is 0 Å². The third-order valence-corrected chi connectivity index (χ3v) is 4.07. The number of piperazine rings is 1. The van der Waals surface area contributed by atoms with Crippen LogP contribution >= 0.6 is 11.6 Å². The Morgan fingerprint density at radius 3 is 2.10 bits per heavy atom. The van der Waals surface area contributed by atoms with Gasteiger partial charge in [0.05, 0.1) is 0 Å². The number of hydrogen-bond donors (Lipinski definition) is 0. The van der Waals surface area contributed by atoms with Gasteiger partial charge in [0.25, 0.3) is 0 Å². The molecule has 0 aromatic heterocycles. The van der Waals surface area contributed by atoms with Crippen LogP contribution in [0.4, 0.5) is 5.69 Å². The van der Waals surface area contributed by atoms with Crippen molar-refractivity contribution in [3.05, 3.63) is 29.8 Å². The van der Waals surface area contributed by atoms with E-state index in [-0.39, 0.29) is 17.2 Å². The number of carbonyl (C=O) groups excluding carboxylic acids is 1. The number of rotatable bonds is 2. The van der Waals surface area contributed by atoms with Crippen LogP contribution in [-0.2, 0) is 10.2 Å². The van der Waals surface area contributed by atoms with Crippen LogP contribution in [0.2, 0.25) is 0 Å². The van der Waals surface area contributed by atoms with Gasteiger partial charge in [0, 0.05) is 31.9 Å². The second-order valence-corrected chi connectivity index (χ2v) is 6.57. The summed E-state index contributed by atoms with van der Waals surface area (Å²) in [4.78, 5) is 15.7. The van der Waals surface area contributed by atoms with Crippen molar-refractivity contribution in [2.75, 3.05) is 37.0 Å². The smallest absolute Gasteiger partial charge is 0.237 e. The quantitative estimate of drug-likeness (QED) is 0.783. The zero-order chi connectivity index (χ0) is 14.8. The van der Waals surface area contributed by atoms with Crippen LogP contribution in [0.5, 0.6) is 0 Å². The van der Waals surface area contributed by atoms with Gasteiger partial charge in [-0.15, -0.1) is 11.6 Å². The lowest BCUT2D eigenvalue weighted by Crippen LogP contribution is -2.49. The highest BCUT2D eigenvalue weighted by molar-refractivity contribution is 6.27. The number of carbonyl (C=O) groups is 1. The molecule has 1 aromatic carbocycles. The fourth-order valence-electron chi connectivity index (χ4n) is 2.47. The Labute approximate surface area is 126 Å². The predicted octanol–water partition coefficient (Wildman–Crippen LogP) is 2.87. The molecule has 0 bridgehead atoms. The molecular formula is C16H23ClN2O. The highest BCUT2D eigenvalue weighted by Crippen LogP contribution is 2.25. The first-order valence-corrected chi connectivity index (χ1v) is 7.64. The van der Waals surface area contributed by atoms with E-state index in [1.54, 1.807) is 0 Å². The monoisotopic (exact) mass is 294 g/mol. The van der Waals surface area contributed by atoms with Crippen molar-refractivity contribution in [1.82, 2.24) is 4.90 Å².